The number of carbonyl (C=O) groups is 1. The second-order valence-electron chi connectivity index (χ2n) is 4.23. The van der Waals surface area contributed by atoms with Gasteiger partial charge in [-0.25, -0.2) is 0 Å². The van der Waals surface area contributed by atoms with Crippen LogP contribution < -0.4 is 0 Å². The smallest absolute Gasteiger partial charge is 0.308 e. The standard InChI is InChI=1S/C12H17NO3/c1-16-12(15)7-11(14)10-6-8-4-2-3-5-9(8)13-10/h6,11,13-14H,2-5,7H2,1H3/t11-/m1/s1. The molecule has 0 saturated carbocycles. The van der Waals surface area contributed by atoms with Crippen molar-refractivity contribution in [3.63, 3.8) is 0 Å². The lowest BCUT2D eigenvalue weighted by Gasteiger charge is -2.09. The van der Waals surface area contributed by atoms with Gasteiger partial charge >= 0.3 is 5.97 Å². The number of aliphatic hydroxyl groups is 1. The van der Waals surface area contributed by atoms with E-state index in [1.54, 1.807) is 0 Å². The SMILES string of the molecule is COC(=O)C[C@@H](O)c1cc2c([nH]1)CCCC2. The fourth-order valence-electron chi connectivity index (χ4n) is 2.16. The van der Waals surface area contributed by atoms with Gasteiger partial charge in [-0.3, -0.25) is 4.79 Å². The molecule has 4 nitrogen and oxygen atoms in total. The number of aromatic amines is 1. The van der Waals surface area contributed by atoms with Crippen LogP contribution in [0.25, 0.3) is 0 Å². The number of hydrogen-bond donors (Lipinski definition) is 2. The molecule has 0 spiro atoms. The third-order valence-electron chi connectivity index (χ3n) is 3.08. The zero-order valence-electron chi connectivity index (χ0n) is 9.45. The first-order chi connectivity index (χ1) is 7.70. The Bertz CT molecular complexity index is 360. The second-order valence-corrected chi connectivity index (χ2v) is 4.23. The van der Waals surface area contributed by atoms with Crippen LogP contribution in [0.5, 0.6) is 0 Å². The van der Waals surface area contributed by atoms with Crippen LogP contribution in [0.15, 0.2) is 6.07 Å². The summed E-state index contributed by atoms with van der Waals surface area (Å²) in [6.45, 7) is 0. The van der Waals surface area contributed by atoms with Crippen LogP contribution in [0, 0.1) is 0 Å². The molecular formula is C12H17NO3. The largest absolute Gasteiger partial charge is 0.469 e. The van der Waals surface area contributed by atoms with E-state index in [0.717, 1.165) is 18.5 Å². The van der Waals surface area contributed by atoms with Gasteiger partial charge in [-0.15, -0.1) is 0 Å². The highest BCUT2D eigenvalue weighted by Crippen LogP contribution is 2.25. The monoisotopic (exact) mass is 223 g/mol. The third-order valence-corrected chi connectivity index (χ3v) is 3.08. The molecule has 16 heavy (non-hydrogen) atoms. The Labute approximate surface area is 94.6 Å². The molecule has 4 heteroatoms. The number of hydrogen-bond acceptors (Lipinski definition) is 3. The fraction of sp³-hybridized carbons (Fsp3) is 0.583. The zero-order chi connectivity index (χ0) is 11.5. The van der Waals surface area contributed by atoms with E-state index in [2.05, 4.69) is 9.72 Å². The Kier molecular flexibility index (Phi) is 3.29. The number of methoxy groups -OCH3 is 1. The number of nitrogens with one attached hydrogen (secondary N) is 1. The number of aromatic nitrogens is 1. The van der Waals surface area contributed by atoms with Gasteiger partial charge in [-0.2, -0.15) is 0 Å². The molecule has 0 saturated heterocycles. The molecule has 1 heterocycles. The molecule has 0 bridgehead atoms. The van der Waals surface area contributed by atoms with Gasteiger partial charge in [-0.1, -0.05) is 0 Å². The van der Waals surface area contributed by atoms with Crippen molar-refractivity contribution in [1.82, 2.24) is 4.98 Å². The lowest BCUT2D eigenvalue weighted by Crippen LogP contribution is -2.08. The minimum atomic E-state index is -0.780. The molecule has 88 valence electrons. The maximum atomic E-state index is 11.0. The third kappa shape index (κ3) is 2.27. The molecule has 1 atom stereocenters. The first-order valence-corrected chi connectivity index (χ1v) is 5.66. The van der Waals surface area contributed by atoms with Gasteiger partial charge in [0.05, 0.1) is 13.5 Å². The molecule has 1 aromatic heterocycles. The lowest BCUT2D eigenvalue weighted by atomic mass is 9.98. The van der Waals surface area contributed by atoms with E-state index in [0.29, 0.717) is 0 Å². The summed E-state index contributed by atoms with van der Waals surface area (Å²) in [7, 11) is 1.33. The highest BCUT2D eigenvalue weighted by Gasteiger charge is 2.19. The second kappa shape index (κ2) is 4.70. The van der Waals surface area contributed by atoms with Gasteiger partial charge in [0.25, 0.3) is 0 Å². The number of carbonyl (C=O) groups excluding carboxylic acids is 1. The van der Waals surface area contributed by atoms with Gasteiger partial charge < -0.3 is 14.8 Å². The van der Waals surface area contributed by atoms with Gasteiger partial charge in [-0.05, 0) is 37.3 Å². The highest BCUT2D eigenvalue weighted by atomic mass is 16.5. The molecule has 0 radical (unpaired) electrons. The lowest BCUT2D eigenvalue weighted by molar-refractivity contribution is -0.142. The van der Waals surface area contributed by atoms with Crippen molar-refractivity contribution in [3.8, 4) is 0 Å². The number of fused-ring (bicyclic) bond motifs is 1. The van der Waals surface area contributed by atoms with Crippen molar-refractivity contribution >= 4 is 5.97 Å². The number of aliphatic hydroxyl groups excluding tert-OH is 1. The van der Waals surface area contributed by atoms with Crippen LogP contribution >= 0.6 is 0 Å². The molecule has 2 N–H and O–H groups in total. The Morgan fingerprint density at radius 2 is 2.31 bits per heavy atom. The minimum absolute atomic E-state index is 0.00981. The van der Waals surface area contributed by atoms with Crippen LogP contribution in [0.3, 0.4) is 0 Å². The summed E-state index contributed by atoms with van der Waals surface area (Å²) in [6.07, 6.45) is 3.74. The van der Waals surface area contributed by atoms with E-state index in [4.69, 9.17) is 0 Å². The molecule has 0 aliphatic heterocycles. The Hall–Kier alpha value is -1.29. The molecule has 0 fully saturated rings. The van der Waals surface area contributed by atoms with Crippen molar-refractivity contribution in [1.29, 1.82) is 0 Å². The average Bonchev–Trinajstić information content (AvgIpc) is 2.72. The normalized spacial score (nSPS) is 16.6. The van der Waals surface area contributed by atoms with Crippen LogP contribution in [0.1, 0.15) is 42.3 Å². The van der Waals surface area contributed by atoms with Crippen LogP contribution in [-0.2, 0) is 22.4 Å². The summed E-state index contributed by atoms with van der Waals surface area (Å²) >= 11 is 0. The number of rotatable bonds is 3. The number of aryl methyl sites for hydroxylation is 2. The predicted molar refractivity (Wildman–Crippen MR) is 59.0 cm³/mol. The Morgan fingerprint density at radius 3 is 3.00 bits per heavy atom. The van der Waals surface area contributed by atoms with Crippen LogP contribution in [-0.4, -0.2) is 23.2 Å². The van der Waals surface area contributed by atoms with Crippen molar-refractivity contribution in [3.05, 3.63) is 23.0 Å². The summed E-state index contributed by atoms with van der Waals surface area (Å²) in [4.78, 5) is 14.2. The zero-order valence-corrected chi connectivity index (χ0v) is 9.45. The van der Waals surface area contributed by atoms with Crippen molar-refractivity contribution in [2.45, 2.75) is 38.2 Å². The van der Waals surface area contributed by atoms with Crippen molar-refractivity contribution in [2.75, 3.05) is 7.11 Å². The van der Waals surface area contributed by atoms with Crippen LogP contribution in [0.2, 0.25) is 0 Å². The molecule has 0 amide bonds. The number of esters is 1. The maximum Gasteiger partial charge on any atom is 0.308 e. The van der Waals surface area contributed by atoms with E-state index in [9.17, 15) is 9.90 Å². The number of ether oxygens (including phenoxy) is 1. The van der Waals surface area contributed by atoms with E-state index < -0.39 is 6.10 Å². The van der Waals surface area contributed by atoms with Gasteiger partial charge in [0.1, 0.15) is 6.10 Å². The van der Waals surface area contributed by atoms with Crippen LogP contribution in [0.4, 0.5) is 0 Å². The highest BCUT2D eigenvalue weighted by molar-refractivity contribution is 5.69. The average molecular weight is 223 g/mol. The number of H-pyrrole nitrogens is 1. The van der Waals surface area contributed by atoms with Gasteiger partial charge in [0, 0.05) is 11.4 Å². The predicted octanol–water partition coefficient (Wildman–Crippen LogP) is 1.49. The van der Waals surface area contributed by atoms with E-state index in [1.165, 1.54) is 31.2 Å². The molecule has 0 aromatic carbocycles. The Morgan fingerprint density at radius 1 is 1.56 bits per heavy atom. The first-order valence-electron chi connectivity index (χ1n) is 5.66. The van der Waals surface area contributed by atoms with E-state index >= 15 is 0 Å². The first kappa shape index (κ1) is 11.2. The molecule has 1 aromatic rings. The summed E-state index contributed by atoms with van der Waals surface area (Å²) in [5, 5.41) is 9.84. The molecular weight excluding hydrogens is 206 g/mol. The molecule has 1 aliphatic carbocycles. The fourth-order valence-corrected chi connectivity index (χ4v) is 2.16. The summed E-state index contributed by atoms with van der Waals surface area (Å²) in [6, 6.07) is 1.97. The van der Waals surface area contributed by atoms with Gasteiger partial charge in [0.15, 0.2) is 0 Å². The van der Waals surface area contributed by atoms with E-state index in [-0.39, 0.29) is 12.4 Å². The molecule has 0 unspecified atom stereocenters. The molecule has 1 aliphatic rings. The minimum Gasteiger partial charge on any atom is -0.469 e. The molecule has 2 rings (SSSR count). The van der Waals surface area contributed by atoms with Crippen molar-refractivity contribution in [2.24, 2.45) is 0 Å². The quantitative estimate of drug-likeness (QED) is 0.763. The van der Waals surface area contributed by atoms with E-state index in [1.807, 2.05) is 6.07 Å². The summed E-state index contributed by atoms with van der Waals surface area (Å²) in [5.74, 6) is -0.389. The van der Waals surface area contributed by atoms with Gasteiger partial charge in [0.2, 0.25) is 0 Å². The summed E-state index contributed by atoms with van der Waals surface area (Å²) < 4.78 is 4.53. The summed E-state index contributed by atoms with van der Waals surface area (Å²) in [5.41, 5.74) is 3.23. The Balaban J connectivity index is 2.08. The maximum absolute atomic E-state index is 11.0. The van der Waals surface area contributed by atoms with Crippen molar-refractivity contribution < 1.29 is 14.6 Å². The topological polar surface area (TPSA) is 62.3 Å².